The summed E-state index contributed by atoms with van der Waals surface area (Å²) in [5.74, 6) is 0. The number of anilines is 1. The van der Waals surface area contributed by atoms with Gasteiger partial charge in [-0.3, -0.25) is 19.5 Å². The third-order valence-corrected chi connectivity index (χ3v) is 2.87. The standard InChI is InChI=1S/C12H12N4O4/c1-14-5-4-11(17)15(12(14)18)7-8-2-3-10(16(19)20)9(13)6-8/h2-6H,7,13H2,1H3. The van der Waals surface area contributed by atoms with Crippen LogP contribution in [-0.2, 0) is 13.6 Å². The first kappa shape index (κ1) is 13.5. The van der Waals surface area contributed by atoms with E-state index in [1.165, 1.54) is 42.1 Å². The fraction of sp³-hybridized carbons (Fsp3) is 0.167. The van der Waals surface area contributed by atoms with Gasteiger partial charge < -0.3 is 10.3 Å². The van der Waals surface area contributed by atoms with E-state index in [4.69, 9.17) is 5.73 Å². The Kier molecular flexibility index (Phi) is 3.38. The molecule has 2 N–H and O–H groups in total. The van der Waals surface area contributed by atoms with Crippen LogP contribution in [-0.4, -0.2) is 14.1 Å². The largest absolute Gasteiger partial charge is 0.393 e. The minimum Gasteiger partial charge on any atom is -0.393 e. The minimum atomic E-state index is -0.590. The van der Waals surface area contributed by atoms with Crippen molar-refractivity contribution >= 4 is 11.4 Å². The molecular weight excluding hydrogens is 264 g/mol. The molecule has 0 amide bonds. The highest BCUT2D eigenvalue weighted by Gasteiger charge is 2.12. The molecule has 0 aliphatic heterocycles. The molecule has 1 aromatic carbocycles. The molecule has 1 heterocycles. The predicted molar refractivity (Wildman–Crippen MR) is 72.6 cm³/mol. The van der Waals surface area contributed by atoms with E-state index in [-0.39, 0.29) is 17.9 Å². The van der Waals surface area contributed by atoms with Crippen molar-refractivity contribution in [1.29, 1.82) is 0 Å². The van der Waals surface area contributed by atoms with Crippen LogP contribution < -0.4 is 17.0 Å². The summed E-state index contributed by atoms with van der Waals surface area (Å²) in [7, 11) is 1.53. The van der Waals surface area contributed by atoms with Gasteiger partial charge in [-0.05, 0) is 11.6 Å². The van der Waals surface area contributed by atoms with Crippen LogP contribution in [0.4, 0.5) is 11.4 Å². The van der Waals surface area contributed by atoms with Gasteiger partial charge in [0.05, 0.1) is 11.5 Å². The van der Waals surface area contributed by atoms with Gasteiger partial charge in [-0.1, -0.05) is 6.07 Å². The maximum atomic E-state index is 11.8. The monoisotopic (exact) mass is 276 g/mol. The molecule has 1 aromatic heterocycles. The van der Waals surface area contributed by atoms with Crippen LogP contribution in [0.15, 0.2) is 40.1 Å². The molecule has 0 atom stereocenters. The minimum absolute atomic E-state index is 0.00620. The molecule has 20 heavy (non-hydrogen) atoms. The molecule has 0 aliphatic carbocycles. The number of hydrogen-bond acceptors (Lipinski definition) is 5. The average Bonchev–Trinajstić information content (AvgIpc) is 2.39. The molecule has 0 unspecified atom stereocenters. The smallest absolute Gasteiger partial charge is 0.331 e. The van der Waals surface area contributed by atoms with E-state index >= 15 is 0 Å². The highest BCUT2D eigenvalue weighted by atomic mass is 16.6. The Balaban J connectivity index is 2.44. The molecule has 0 spiro atoms. The van der Waals surface area contributed by atoms with Gasteiger partial charge in [0.15, 0.2) is 0 Å². The lowest BCUT2D eigenvalue weighted by Crippen LogP contribution is -2.38. The van der Waals surface area contributed by atoms with Gasteiger partial charge in [0.2, 0.25) is 0 Å². The van der Waals surface area contributed by atoms with Gasteiger partial charge in [0.1, 0.15) is 5.69 Å². The second kappa shape index (κ2) is 5.00. The molecule has 0 saturated carbocycles. The maximum Gasteiger partial charge on any atom is 0.331 e. The Morgan fingerprint density at radius 3 is 2.60 bits per heavy atom. The highest BCUT2D eigenvalue weighted by Crippen LogP contribution is 2.22. The number of aryl methyl sites for hydroxylation is 1. The molecule has 0 saturated heterocycles. The van der Waals surface area contributed by atoms with Crippen molar-refractivity contribution in [1.82, 2.24) is 9.13 Å². The van der Waals surface area contributed by atoms with Crippen LogP contribution in [0.25, 0.3) is 0 Å². The molecule has 2 rings (SSSR count). The summed E-state index contributed by atoms with van der Waals surface area (Å²) < 4.78 is 2.30. The SMILES string of the molecule is Cn1ccc(=O)n(Cc2ccc([N+](=O)[O-])c(N)c2)c1=O. The number of nitrogen functional groups attached to an aromatic ring is 1. The lowest BCUT2D eigenvalue weighted by molar-refractivity contribution is -0.383. The van der Waals surface area contributed by atoms with Gasteiger partial charge >= 0.3 is 5.69 Å². The number of aromatic nitrogens is 2. The van der Waals surface area contributed by atoms with E-state index in [1.807, 2.05) is 0 Å². The third kappa shape index (κ3) is 2.44. The molecule has 0 radical (unpaired) electrons. The normalized spacial score (nSPS) is 10.4. The van der Waals surface area contributed by atoms with Crippen LogP contribution in [0, 0.1) is 10.1 Å². The van der Waals surface area contributed by atoms with Crippen LogP contribution >= 0.6 is 0 Å². The summed E-state index contributed by atoms with van der Waals surface area (Å²) in [5, 5.41) is 10.7. The second-order valence-electron chi connectivity index (χ2n) is 4.28. The predicted octanol–water partition coefficient (Wildman–Crippen LogP) is 0.0857. The van der Waals surface area contributed by atoms with Crippen LogP contribution in [0.3, 0.4) is 0 Å². The van der Waals surface area contributed by atoms with E-state index in [9.17, 15) is 19.7 Å². The third-order valence-electron chi connectivity index (χ3n) is 2.87. The Bertz CT molecular complexity index is 791. The summed E-state index contributed by atoms with van der Waals surface area (Å²) in [4.78, 5) is 33.6. The maximum absolute atomic E-state index is 11.8. The fourth-order valence-electron chi connectivity index (χ4n) is 1.81. The molecule has 0 bridgehead atoms. The van der Waals surface area contributed by atoms with Crippen LogP contribution in [0.5, 0.6) is 0 Å². The second-order valence-corrected chi connectivity index (χ2v) is 4.28. The summed E-state index contributed by atoms with van der Waals surface area (Å²) in [6.07, 6.45) is 1.38. The number of nitrogens with two attached hydrogens (primary N) is 1. The number of nitrogens with zero attached hydrogens (tertiary/aromatic N) is 3. The lowest BCUT2D eigenvalue weighted by Gasteiger charge is -2.07. The first-order chi connectivity index (χ1) is 9.40. The molecule has 0 aliphatic rings. The van der Waals surface area contributed by atoms with Gasteiger partial charge in [-0.2, -0.15) is 0 Å². The molecule has 2 aromatic rings. The van der Waals surface area contributed by atoms with Gasteiger partial charge in [-0.25, -0.2) is 4.79 Å². The summed E-state index contributed by atoms with van der Waals surface area (Å²) >= 11 is 0. The Morgan fingerprint density at radius 2 is 2.00 bits per heavy atom. The number of rotatable bonds is 3. The van der Waals surface area contributed by atoms with Gasteiger partial charge in [-0.15, -0.1) is 0 Å². The summed E-state index contributed by atoms with van der Waals surface area (Å²) in [6, 6.07) is 5.38. The topological polar surface area (TPSA) is 113 Å². The number of hydrogen-bond donors (Lipinski definition) is 1. The van der Waals surface area contributed by atoms with Gasteiger partial charge in [0.25, 0.3) is 11.2 Å². The average molecular weight is 276 g/mol. The summed E-state index contributed by atoms with van der Waals surface area (Å²) in [5.41, 5.74) is 4.99. The van der Waals surface area contributed by atoms with Gasteiger partial charge in [0, 0.05) is 25.4 Å². The van der Waals surface area contributed by atoms with Crippen molar-refractivity contribution in [3.05, 3.63) is 67.0 Å². The Hall–Kier alpha value is -2.90. The quantitative estimate of drug-likeness (QED) is 0.484. The van der Waals surface area contributed by atoms with Crippen LogP contribution in [0.2, 0.25) is 0 Å². The van der Waals surface area contributed by atoms with Crippen molar-refractivity contribution in [2.75, 3.05) is 5.73 Å². The Labute approximate surface area is 112 Å². The van der Waals surface area contributed by atoms with E-state index in [0.717, 1.165) is 4.57 Å². The summed E-state index contributed by atoms with van der Waals surface area (Å²) in [6.45, 7) is 0.00847. The zero-order chi connectivity index (χ0) is 14.9. The fourth-order valence-corrected chi connectivity index (χ4v) is 1.81. The number of nitro benzene ring substituents is 1. The van der Waals surface area contributed by atoms with E-state index < -0.39 is 16.2 Å². The number of benzene rings is 1. The lowest BCUT2D eigenvalue weighted by atomic mass is 10.1. The zero-order valence-corrected chi connectivity index (χ0v) is 10.6. The van der Waals surface area contributed by atoms with Crippen molar-refractivity contribution in [3.63, 3.8) is 0 Å². The van der Waals surface area contributed by atoms with Crippen molar-refractivity contribution in [3.8, 4) is 0 Å². The first-order valence-corrected chi connectivity index (χ1v) is 5.69. The molecule has 8 nitrogen and oxygen atoms in total. The van der Waals surface area contributed by atoms with E-state index in [1.54, 1.807) is 0 Å². The molecule has 104 valence electrons. The zero-order valence-electron chi connectivity index (χ0n) is 10.6. The van der Waals surface area contributed by atoms with E-state index in [0.29, 0.717) is 5.56 Å². The van der Waals surface area contributed by atoms with E-state index in [2.05, 4.69) is 0 Å². The van der Waals surface area contributed by atoms with Crippen molar-refractivity contribution in [2.24, 2.45) is 7.05 Å². The van der Waals surface area contributed by atoms with Crippen molar-refractivity contribution < 1.29 is 4.92 Å². The molecular formula is C12H12N4O4. The number of nitro groups is 1. The molecule has 0 fully saturated rings. The first-order valence-electron chi connectivity index (χ1n) is 5.69. The van der Waals surface area contributed by atoms with Crippen molar-refractivity contribution in [2.45, 2.75) is 6.54 Å². The van der Waals surface area contributed by atoms with Crippen LogP contribution in [0.1, 0.15) is 5.56 Å². The molecule has 8 heteroatoms. The highest BCUT2D eigenvalue weighted by molar-refractivity contribution is 5.59. The Morgan fingerprint density at radius 1 is 1.30 bits per heavy atom.